The van der Waals surface area contributed by atoms with Crippen molar-refractivity contribution in [3.63, 3.8) is 0 Å². The molecular formula is C23H32FN5O3S. The normalized spacial score (nSPS) is 15.1. The van der Waals surface area contributed by atoms with E-state index >= 15 is 0 Å². The SMILES string of the molecule is Cc1cc(NC(C)C)ncc1-c1sc(C(=O)NCC(C)(C)O)nc1C(=O)N1CCC(F)CC1. The second kappa shape index (κ2) is 10.1. The fourth-order valence-electron chi connectivity index (χ4n) is 3.49. The van der Waals surface area contributed by atoms with Crippen molar-refractivity contribution in [1.29, 1.82) is 0 Å². The molecule has 180 valence electrons. The van der Waals surface area contributed by atoms with Crippen LogP contribution in [-0.4, -0.2) is 69.2 Å². The molecule has 8 nitrogen and oxygen atoms in total. The Morgan fingerprint density at radius 3 is 2.58 bits per heavy atom. The van der Waals surface area contributed by atoms with Gasteiger partial charge in [0.15, 0.2) is 5.01 Å². The highest BCUT2D eigenvalue weighted by atomic mass is 32.1. The van der Waals surface area contributed by atoms with Gasteiger partial charge in [-0.3, -0.25) is 9.59 Å². The molecule has 3 N–H and O–H groups in total. The highest BCUT2D eigenvalue weighted by Crippen LogP contribution is 2.34. The van der Waals surface area contributed by atoms with Gasteiger partial charge in [-0.25, -0.2) is 14.4 Å². The first-order valence-electron chi connectivity index (χ1n) is 11.1. The number of hydrogen-bond donors (Lipinski definition) is 3. The number of likely N-dealkylation sites (tertiary alicyclic amines) is 1. The summed E-state index contributed by atoms with van der Waals surface area (Å²) < 4.78 is 13.6. The van der Waals surface area contributed by atoms with Crippen LogP contribution < -0.4 is 10.6 Å². The molecule has 0 saturated carbocycles. The van der Waals surface area contributed by atoms with E-state index in [9.17, 15) is 19.1 Å². The summed E-state index contributed by atoms with van der Waals surface area (Å²) >= 11 is 1.11. The van der Waals surface area contributed by atoms with Gasteiger partial charge in [0.05, 0.1) is 10.5 Å². The van der Waals surface area contributed by atoms with E-state index < -0.39 is 17.7 Å². The van der Waals surface area contributed by atoms with Crippen LogP contribution in [-0.2, 0) is 0 Å². The number of hydrogen-bond acceptors (Lipinski definition) is 7. The van der Waals surface area contributed by atoms with Crippen LogP contribution in [0, 0.1) is 6.92 Å². The highest BCUT2D eigenvalue weighted by molar-refractivity contribution is 7.17. The average Bonchev–Trinajstić information content (AvgIpc) is 3.16. The second-order valence-corrected chi connectivity index (χ2v) is 10.3. The number of thiazole rings is 1. The minimum Gasteiger partial charge on any atom is -0.389 e. The van der Waals surface area contributed by atoms with Crippen LogP contribution in [0.5, 0.6) is 0 Å². The Morgan fingerprint density at radius 1 is 1.33 bits per heavy atom. The standard InChI is InChI=1S/C23H32FN5O3S/c1-13(2)27-17-10-14(3)16(11-25-17)19-18(22(31)29-8-6-15(24)7-9-29)28-21(33-19)20(30)26-12-23(4,5)32/h10-11,13,15,32H,6-9,12H2,1-5H3,(H,25,27)(H,26,30). The van der Waals surface area contributed by atoms with Crippen LogP contribution in [0.1, 0.15) is 66.4 Å². The van der Waals surface area contributed by atoms with Gasteiger partial charge in [-0.2, -0.15) is 0 Å². The number of nitrogens with one attached hydrogen (secondary N) is 2. The smallest absolute Gasteiger partial charge is 0.280 e. The topological polar surface area (TPSA) is 107 Å². The first-order chi connectivity index (χ1) is 15.4. The summed E-state index contributed by atoms with van der Waals surface area (Å²) in [5.74, 6) is -0.0659. The number of aryl methyl sites for hydroxylation is 1. The summed E-state index contributed by atoms with van der Waals surface area (Å²) in [5.41, 5.74) is 0.689. The third-order valence-electron chi connectivity index (χ3n) is 5.21. The van der Waals surface area contributed by atoms with Gasteiger partial charge in [-0.15, -0.1) is 11.3 Å². The van der Waals surface area contributed by atoms with Crippen LogP contribution in [0.4, 0.5) is 10.2 Å². The van der Waals surface area contributed by atoms with E-state index in [1.807, 2.05) is 26.8 Å². The summed E-state index contributed by atoms with van der Waals surface area (Å²) in [6.07, 6.45) is 1.36. The molecule has 33 heavy (non-hydrogen) atoms. The van der Waals surface area contributed by atoms with E-state index in [2.05, 4.69) is 20.6 Å². The Labute approximate surface area is 197 Å². The van der Waals surface area contributed by atoms with Crippen molar-refractivity contribution < 1.29 is 19.1 Å². The second-order valence-electron chi connectivity index (χ2n) is 9.34. The molecule has 0 aromatic carbocycles. The van der Waals surface area contributed by atoms with Gasteiger partial charge in [-0.05, 0) is 59.1 Å². The highest BCUT2D eigenvalue weighted by Gasteiger charge is 2.30. The predicted molar refractivity (Wildman–Crippen MR) is 128 cm³/mol. The van der Waals surface area contributed by atoms with Crippen molar-refractivity contribution >= 4 is 29.0 Å². The number of anilines is 1. The van der Waals surface area contributed by atoms with Crippen molar-refractivity contribution in [1.82, 2.24) is 20.2 Å². The Hall–Kier alpha value is -2.59. The number of alkyl halides is 1. The van der Waals surface area contributed by atoms with Gasteiger partial charge >= 0.3 is 0 Å². The molecule has 10 heteroatoms. The van der Waals surface area contributed by atoms with Crippen LogP contribution >= 0.6 is 11.3 Å². The maximum absolute atomic E-state index is 13.6. The number of pyridine rings is 1. The summed E-state index contributed by atoms with van der Waals surface area (Å²) in [7, 11) is 0. The van der Waals surface area contributed by atoms with Crippen LogP contribution in [0.25, 0.3) is 10.4 Å². The fourth-order valence-corrected chi connectivity index (χ4v) is 4.53. The molecule has 0 bridgehead atoms. The molecule has 3 rings (SSSR count). The number of amides is 2. The molecule has 0 atom stereocenters. The molecule has 0 aliphatic carbocycles. The molecule has 0 unspecified atom stereocenters. The molecule has 1 saturated heterocycles. The maximum atomic E-state index is 13.6. The first kappa shape index (κ1) is 25.0. The van der Waals surface area contributed by atoms with E-state index in [1.54, 1.807) is 24.9 Å². The van der Waals surface area contributed by atoms with E-state index in [1.165, 1.54) is 0 Å². The lowest BCUT2D eigenvalue weighted by Crippen LogP contribution is -2.39. The molecule has 2 aromatic rings. The molecule has 0 radical (unpaired) electrons. The number of halogens is 1. The maximum Gasteiger partial charge on any atom is 0.280 e. The van der Waals surface area contributed by atoms with Crippen molar-refractivity contribution in [3.8, 4) is 10.4 Å². The minimum absolute atomic E-state index is 0.0458. The van der Waals surface area contributed by atoms with Crippen LogP contribution in [0.2, 0.25) is 0 Å². The summed E-state index contributed by atoms with van der Waals surface area (Å²) in [6.45, 7) is 9.80. The fraction of sp³-hybridized carbons (Fsp3) is 0.565. The van der Waals surface area contributed by atoms with Gasteiger partial charge in [0, 0.05) is 37.4 Å². The Morgan fingerprint density at radius 2 is 2.00 bits per heavy atom. The molecule has 2 aromatic heterocycles. The number of rotatable bonds is 7. The van der Waals surface area contributed by atoms with E-state index in [-0.39, 0.29) is 29.2 Å². The molecule has 1 aliphatic rings. The van der Waals surface area contributed by atoms with Gasteiger partial charge in [0.25, 0.3) is 11.8 Å². The number of piperidine rings is 1. The van der Waals surface area contributed by atoms with Crippen molar-refractivity contribution in [2.24, 2.45) is 0 Å². The van der Waals surface area contributed by atoms with E-state index in [0.29, 0.717) is 36.4 Å². The number of nitrogens with zero attached hydrogens (tertiary/aromatic N) is 3. The van der Waals surface area contributed by atoms with Gasteiger partial charge in [0.2, 0.25) is 0 Å². The third-order valence-corrected chi connectivity index (χ3v) is 6.30. The molecule has 2 amide bonds. The lowest BCUT2D eigenvalue weighted by molar-refractivity contribution is 0.0660. The quantitative estimate of drug-likeness (QED) is 0.564. The van der Waals surface area contributed by atoms with E-state index in [4.69, 9.17) is 0 Å². The number of aromatic nitrogens is 2. The summed E-state index contributed by atoms with van der Waals surface area (Å²) in [4.78, 5) is 37.0. The zero-order valence-corrected chi connectivity index (χ0v) is 20.6. The minimum atomic E-state index is -1.08. The third kappa shape index (κ3) is 6.48. The number of carbonyl (C=O) groups is 2. The van der Waals surface area contributed by atoms with Gasteiger partial charge in [-0.1, -0.05) is 0 Å². The van der Waals surface area contributed by atoms with Gasteiger partial charge in [0.1, 0.15) is 17.7 Å². The molecule has 3 heterocycles. The molecule has 0 spiro atoms. The Balaban J connectivity index is 1.97. The zero-order chi connectivity index (χ0) is 24.3. The lowest BCUT2D eigenvalue weighted by Gasteiger charge is -2.28. The van der Waals surface area contributed by atoms with Crippen molar-refractivity contribution in [2.45, 2.75) is 65.3 Å². The van der Waals surface area contributed by atoms with Crippen molar-refractivity contribution in [3.05, 3.63) is 28.5 Å². The molecule has 1 fully saturated rings. The molecular weight excluding hydrogens is 445 g/mol. The number of aliphatic hydroxyl groups is 1. The van der Waals surface area contributed by atoms with Crippen LogP contribution in [0.3, 0.4) is 0 Å². The molecule has 1 aliphatic heterocycles. The van der Waals surface area contributed by atoms with E-state index in [0.717, 1.165) is 22.7 Å². The summed E-state index contributed by atoms with van der Waals surface area (Å²) in [6, 6.07) is 2.11. The van der Waals surface area contributed by atoms with Crippen molar-refractivity contribution in [2.75, 3.05) is 25.0 Å². The first-order valence-corrected chi connectivity index (χ1v) is 11.9. The Bertz CT molecular complexity index is 1010. The Kier molecular flexibility index (Phi) is 7.69. The lowest BCUT2D eigenvalue weighted by atomic mass is 10.1. The van der Waals surface area contributed by atoms with Gasteiger partial charge < -0.3 is 20.6 Å². The number of carbonyl (C=O) groups excluding carboxylic acids is 2. The van der Waals surface area contributed by atoms with Crippen LogP contribution in [0.15, 0.2) is 12.3 Å². The summed E-state index contributed by atoms with van der Waals surface area (Å²) in [5, 5.41) is 16.0. The predicted octanol–water partition coefficient (Wildman–Crippen LogP) is 3.41. The zero-order valence-electron chi connectivity index (χ0n) is 19.7. The monoisotopic (exact) mass is 477 g/mol. The average molecular weight is 478 g/mol. The largest absolute Gasteiger partial charge is 0.389 e.